The highest BCUT2D eigenvalue weighted by atomic mass is 19.1. The van der Waals surface area contributed by atoms with Crippen molar-refractivity contribution in [1.29, 1.82) is 0 Å². The van der Waals surface area contributed by atoms with E-state index < -0.39 is 0 Å². The molecule has 172 valence electrons. The number of amides is 2. The highest BCUT2D eigenvalue weighted by molar-refractivity contribution is 6.06. The van der Waals surface area contributed by atoms with E-state index in [1.807, 2.05) is 43.3 Å². The van der Waals surface area contributed by atoms with E-state index >= 15 is 0 Å². The van der Waals surface area contributed by atoms with Crippen LogP contribution in [0.3, 0.4) is 0 Å². The van der Waals surface area contributed by atoms with Crippen molar-refractivity contribution >= 4 is 17.5 Å². The third-order valence-electron chi connectivity index (χ3n) is 5.42. The van der Waals surface area contributed by atoms with Crippen LogP contribution in [0.1, 0.15) is 32.8 Å². The number of carbonyl (C=O) groups is 2. The third kappa shape index (κ3) is 5.98. The van der Waals surface area contributed by atoms with E-state index in [0.29, 0.717) is 23.6 Å². The molecular formula is C28H25FN2O3. The van der Waals surface area contributed by atoms with Crippen LogP contribution < -0.4 is 10.2 Å². The lowest BCUT2D eigenvalue weighted by atomic mass is 10.1. The van der Waals surface area contributed by atoms with Crippen LogP contribution in [-0.4, -0.2) is 11.8 Å². The number of nitrogens with zero attached hydrogens (tertiary/aromatic N) is 1. The molecule has 2 amide bonds. The van der Waals surface area contributed by atoms with E-state index in [4.69, 9.17) is 4.42 Å². The van der Waals surface area contributed by atoms with Crippen LogP contribution in [0.25, 0.3) is 0 Å². The molecule has 3 aromatic carbocycles. The van der Waals surface area contributed by atoms with E-state index in [0.717, 1.165) is 16.7 Å². The number of rotatable bonds is 8. The van der Waals surface area contributed by atoms with Gasteiger partial charge in [-0.1, -0.05) is 42.0 Å². The van der Waals surface area contributed by atoms with Crippen LogP contribution in [-0.2, 0) is 24.3 Å². The Morgan fingerprint density at radius 1 is 0.912 bits per heavy atom. The summed E-state index contributed by atoms with van der Waals surface area (Å²) in [6, 6.07) is 24.4. The van der Waals surface area contributed by atoms with Crippen molar-refractivity contribution in [3.63, 3.8) is 0 Å². The van der Waals surface area contributed by atoms with E-state index in [1.54, 1.807) is 47.6 Å². The first-order valence-corrected chi connectivity index (χ1v) is 11.0. The summed E-state index contributed by atoms with van der Waals surface area (Å²) in [6.45, 7) is 2.54. The number of furan rings is 1. The smallest absolute Gasteiger partial charge is 0.258 e. The second kappa shape index (κ2) is 10.6. The summed E-state index contributed by atoms with van der Waals surface area (Å²) in [6.07, 6.45) is 1.73. The first-order chi connectivity index (χ1) is 16.5. The normalized spacial score (nSPS) is 10.6. The van der Waals surface area contributed by atoms with Crippen LogP contribution in [0.2, 0.25) is 0 Å². The number of hydrogen-bond acceptors (Lipinski definition) is 3. The first kappa shape index (κ1) is 23.0. The van der Waals surface area contributed by atoms with Gasteiger partial charge in [-0.15, -0.1) is 0 Å². The van der Waals surface area contributed by atoms with Crippen molar-refractivity contribution < 1.29 is 18.4 Å². The molecule has 6 heteroatoms. The number of halogens is 1. The molecule has 0 saturated carbocycles. The predicted octanol–water partition coefficient (Wildman–Crippen LogP) is 5.43. The molecule has 0 radical (unpaired) electrons. The number of anilines is 1. The van der Waals surface area contributed by atoms with Crippen molar-refractivity contribution in [3.8, 4) is 0 Å². The molecule has 0 aliphatic rings. The van der Waals surface area contributed by atoms with Crippen molar-refractivity contribution in [2.45, 2.75) is 26.4 Å². The van der Waals surface area contributed by atoms with Gasteiger partial charge in [0.25, 0.3) is 5.91 Å². The molecule has 1 aromatic heterocycles. The zero-order valence-electron chi connectivity index (χ0n) is 18.8. The Hall–Kier alpha value is -4.19. The second-order valence-electron chi connectivity index (χ2n) is 8.09. The molecule has 0 saturated heterocycles. The average molecular weight is 457 g/mol. The Labute approximate surface area is 197 Å². The number of aryl methyl sites for hydroxylation is 1. The lowest BCUT2D eigenvalue weighted by molar-refractivity contribution is -0.120. The number of nitrogens with one attached hydrogen (secondary N) is 1. The molecule has 0 spiro atoms. The summed E-state index contributed by atoms with van der Waals surface area (Å²) in [7, 11) is 0. The van der Waals surface area contributed by atoms with Crippen molar-refractivity contribution in [3.05, 3.63) is 125 Å². The molecule has 0 unspecified atom stereocenters. The highest BCUT2D eigenvalue weighted by Gasteiger charge is 2.19. The van der Waals surface area contributed by atoms with Gasteiger partial charge in [0, 0.05) is 11.3 Å². The predicted molar refractivity (Wildman–Crippen MR) is 129 cm³/mol. The lowest BCUT2D eigenvalue weighted by Crippen LogP contribution is -2.30. The number of hydrogen-bond donors (Lipinski definition) is 1. The van der Waals surface area contributed by atoms with Crippen LogP contribution in [0.5, 0.6) is 0 Å². The SMILES string of the molecule is Cc1ccc(C(=O)N(Cc2ccc(F)cc2)c2cccc(CC(=O)NCc3ccco3)c2)cc1. The highest BCUT2D eigenvalue weighted by Crippen LogP contribution is 2.23. The van der Waals surface area contributed by atoms with Crippen LogP contribution in [0.4, 0.5) is 10.1 Å². The molecule has 5 nitrogen and oxygen atoms in total. The summed E-state index contributed by atoms with van der Waals surface area (Å²) in [4.78, 5) is 27.5. The van der Waals surface area contributed by atoms with Gasteiger partial charge < -0.3 is 14.6 Å². The van der Waals surface area contributed by atoms with Gasteiger partial charge in [0.2, 0.25) is 5.91 Å². The molecule has 4 rings (SSSR count). The molecule has 1 N–H and O–H groups in total. The Balaban J connectivity index is 1.56. The molecule has 0 bridgehead atoms. The minimum absolute atomic E-state index is 0.150. The van der Waals surface area contributed by atoms with Gasteiger partial charge in [0.05, 0.1) is 25.8 Å². The average Bonchev–Trinajstić information content (AvgIpc) is 3.36. The van der Waals surface area contributed by atoms with Gasteiger partial charge in [-0.3, -0.25) is 9.59 Å². The fraction of sp³-hybridized carbons (Fsp3) is 0.143. The van der Waals surface area contributed by atoms with Crippen LogP contribution in [0, 0.1) is 12.7 Å². The standard InChI is InChI=1S/C28H25FN2O3/c1-20-7-11-23(12-8-20)28(33)31(19-21-9-13-24(29)14-10-21)25-5-2-4-22(16-25)17-27(32)30-18-26-6-3-15-34-26/h2-16H,17-19H2,1H3,(H,30,32). The van der Waals surface area contributed by atoms with E-state index in [2.05, 4.69) is 5.32 Å². The summed E-state index contributed by atoms with van der Waals surface area (Å²) in [5, 5.41) is 2.83. The van der Waals surface area contributed by atoms with Crippen molar-refractivity contribution in [2.75, 3.05) is 4.90 Å². The molecule has 0 fully saturated rings. The van der Waals surface area contributed by atoms with Gasteiger partial charge in [-0.2, -0.15) is 0 Å². The van der Waals surface area contributed by atoms with Crippen molar-refractivity contribution in [1.82, 2.24) is 5.32 Å². The van der Waals surface area contributed by atoms with Crippen LogP contribution in [0.15, 0.2) is 95.6 Å². The van der Waals surface area contributed by atoms with Crippen LogP contribution >= 0.6 is 0 Å². The summed E-state index contributed by atoms with van der Waals surface area (Å²) >= 11 is 0. The van der Waals surface area contributed by atoms with Gasteiger partial charge >= 0.3 is 0 Å². The maximum Gasteiger partial charge on any atom is 0.258 e. The Bertz CT molecular complexity index is 1250. The molecular weight excluding hydrogens is 431 g/mol. The molecule has 34 heavy (non-hydrogen) atoms. The maximum atomic E-state index is 13.5. The maximum absolute atomic E-state index is 13.5. The topological polar surface area (TPSA) is 62.6 Å². The molecule has 1 heterocycles. The molecule has 0 aliphatic heterocycles. The zero-order chi connectivity index (χ0) is 23.9. The summed E-state index contributed by atoms with van der Waals surface area (Å²) in [5.74, 6) is 0.0197. The molecule has 0 aliphatic carbocycles. The van der Waals surface area contributed by atoms with Crippen molar-refractivity contribution in [2.24, 2.45) is 0 Å². The fourth-order valence-electron chi connectivity index (χ4n) is 3.59. The van der Waals surface area contributed by atoms with E-state index in [-0.39, 0.29) is 30.6 Å². The van der Waals surface area contributed by atoms with Gasteiger partial charge in [0.15, 0.2) is 0 Å². The Morgan fingerprint density at radius 3 is 2.38 bits per heavy atom. The Kier molecular flexibility index (Phi) is 7.18. The minimum Gasteiger partial charge on any atom is -0.467 e. The molecule has 4 aromatic rings. The lowest BCUT2D eigenvalue weighted by Gasteiger charge is -2.24. The largest absolute Gasteiger partial charge is 0.467 e. The van der Waals surface area contributed by atoms with Gasteiger partial charge in [-0.05, 0) is 66.6 Å². The monoisotopic (exact) mass is 456 g/mol. The minimum atomic E-state index is -0.331. The zero-order valence-corrected chi connectivity index (χ0v) is 18.8. The third-order valence-corrected chi connectivity index (χ3v) is 5.42. The van der Waals surface area contributed by atoms with Gasteiger partial charge in [-0.25, -0.2) is 4.39 Å². The fourth-order valence-corrected chi connectivity index (χ4v) is 3.59. The quantitative estimate of drug-likeness (QED) is 0.384. The second-order valence-corrected chi connectivity index (χ2v) is 8.09. The van der Waals surface area contributed by atoms with Gasteiger partial charge in [0.1, 0.15) is 11.6 Å². The number of carbonyl (C=O) groups excluding carboxylic acids is 2. The van der Waals surface area contributed by atoms with E-state index in [1.165, 1.54) is 12.1 Å². The molecule has 0 atom stereocenters. The summed E-state index contributed by atoms with van der Waals surface area (Å²) < 4.78 is 18.7. The Morgan fingerprint density at radius 2 is 1.68 bits per heavy atom. The van der Waals surface area contributed by atoms with E-state index in [9.17, 15) is 14.0 Å². The summed E-state index contributed by atoms with van der Waals surface area (Å²) in [5.41, 5.74) is 3.84. The number of benzene rings is 3. The first-order valence-electron chi connectivity index (χ1n) is 11.0.